The van der Waals surface area contributed by atoms with Gasteiger partial charge in [0.2, 0.25) is 0 Å². The number of nitrogens with one attached hydrogen (secondary N) is 1. The molecule has 16 heavy (non-hydrogen) atoms. The van der Waals surface area contributed by atoms with Crippen LogP contribution in [0.2, 0.25) is 0 Å². The molecule has 0 aliphatic heterocycles. The number of allylic oxidation sites excluding steroid dienone is 1. The molecule has 0 saturated carbocycles. The molecule has 0 unspecified atom stereocenters. The second-order valence-electron chi connectivity index (χ2n) is 5.52. The van der Waals surface area contributed by atoms with Crippen LogP contribution in [0.3, 0.4) is 0 Å². The van der Waals surface area contributed by atoms with E-state index in [9.17, 15) is 0 Å². The highest BCUT2D eigenvalue weighted by Gasteiger charge is 2.11. The first kappa shape index (κ1) is 12.8. The largest absolute Gasteiger partial charge is 0.359 e. The maximum absolute atomic E-state index is 4.08. The molecular formula is C15H23N. The molecule has 0 aromatic heterocycles. The van der Waals surface area contributed by atoms with Gasteiger partial charge in [0, 0.05) is 11.4 Å². The Morgan fingerprint density at radius 1 is 1.31 bits per heavy atom. The highest BCUT2D eigenvalue weighted by molar-refractivity contribution is 5.49. The van der Waals surface area contributed by atoms with Gasteiger partial charge in [-0.25, -0.2) is 0 Å². The lowest BCUT2D eigenvalue weighted by Gasteiger charge is -2.20. The van der Waals surface area contributed by atoms with Crippen LogP contribution in [0.5, 0.6) is 0 Å². The average Bonchev–Trinajstić information content (AvgIpc) is 2.15. The summed E-state index contributed by atoms with van der Waals surface area (Å²) in [7, 11) is 0. The molecule has 0 fully saturated rings. The smallest absolute Gasteiger partial charge is 0.0384 e. The van der Waals surface area contributed by atoms with Crippen molar-refractivity contribution in [1.29, 1.82) is 0 Å². The van der Waals surface area contributed by atoms with Gasteiger partial charge in [-0.1, -0.05) is 46.4 Å². The van der Waals surface area contributed by atoms with E-state index in [0.29, 0.717) is 0 Å². The standard InChI is InChI=1S/C15H23N/c1-6-13-8-7-9-14(10-13)16-12(2)11-15(3,4)5/h7-10,16H,2,6,11H2,1,3-5H3. The van der Waals surface area contributed by atoms with E-state index in [4.69, 9.17) is 0 Å². The van der Waals surface area contributed by atoms with Crippen LogP contribution < -0.4 is 5.32 Å². The predicted octanol–water partition coefficient (Wildman–Crippen LogP) is 4.61. The van der Waals surface area contributed by atoms with Gasteiger partial charge in [-0.15, -0.1) is 0 Å². The minimum absolute atomic E-state index is 0.284. The van der Waals surface area contributed by atoms with Gasteiger partial charge in [0.25, 0.3) is 0 Å². The molecule has 0 atom stereocenters. The van der Waals surface area contributed by atoms with E-state index in [0.717, 1.165) is 24.2 Å². The Morgan fingerprint density at radius 3 is 2.56 bits per heavy atom. The van der Waals surface area contributed by atoms with Crippen LogP contribution in [0.25, 0.3) is 0 Å². The van der Waals surface area contributed by atoms with Crippen LogP contribution in [0.15, 0.2) is 36.5 Å². The third-order valence-electron chi connectivity index (χ3n) is 2.40. The van der Waals surface area contributed by atoms with Crippen LogP contribution in [0.1, 0.15) is 39.7 Å². The molecule has 1 rings (SSSR count). The van der Waals surface area contributed by atoms with Gasteiger partial charge in [-0.2, -0.15) is 0 Å². The van der Waals surface area contributed by atoms with Crippen molar-refractivity contribution in [2.24, 2.45) is 5.41 Å². The zero-order valence-electron chi connectivity index (χ0n) is 10.9. The van der Waals surface area contributed by atoms with Gasteiger partial charge in [0.15, 0.2) is 0 Å². The fraction of sp³-hybridized carbons (Fsp3) is 0.467. The molecule has 0 aliphatic carbocycles. The Balaban J connectivity index is 2.62. The molecule has 0 aliphatic rings. The monoisotopic (exact) mass is 217 g/mol. The van der Waals surface area contributed by atoms with Gasteiger partial charge in [-0.05, 0) is 36.0 Å². The van der Waals surface area contributed by atoms with Gasteiger partial charge in [0.1, 0.15) is 0 Å². The van der Waals surface area contributed by atoms with Crippen molar-refractivity contribution >= 4 is 5.69 Å². The van der Waals surface area contributed by atoms with E-state index in [1.54, 1.807) is 0 Å². The van der Waals surface area contributed by atoms with Crippen molar-refractivity contribution < 1.29 is 0 Å². The van der Waals surface area contributed by atoms with E-state index < -0.39 is 0 Å². The van der Waals surface area contributed by atoms with Crippen molar-refractivity contribution in [2.45, 2.75) is 40.5 Å². The predicted molar refractivity (Wildman–Crippen MR) is 72.7 cm³/mol. The van der Waals surface area contributed by atoms with Crippen LogP contribution in [-0.2, 0) is 6.42 Å². The number of hydrogen-bond acceptors (Lipinski definition) is 1. The summed E-state index contributed by atoms with van der Waals surface area (Å²) in [5.74, 6) is 0. The van der Waals surface area contributed by atoms with E-state index in [1.807, 2.05) is 0 Å². The second-order valence-corrected chi connectivity index (χ2v) is 5.52. The average molecular weight is 217 g/mol. The van der Waals surface area contributed by atoms with Crippen LogP contribution in [0.4, 0.5) is 5.69 Å². The van der Waals surface area contributed by atoms with Crippen molar-refractivity contribution in [1.82, 2.24) is 0 Å². The maximum atomic E-state index is 4.08. The van der Waals surface area contributed by atoms with Gasteiger partial charge >= 0.3 is 0 Å². The molecule has 88 valence electrons. The lowest BCUT2D eigenvalue weighted by Crippen LogP contribution is -2.10. The molecule has 0 amide bonds. The SMILES string of the molecule is C=C(CC(C)(C)C)Nc1cccc(CC)c1. The Hall–Kier alpha value is -1.24. The van der Waals surface area contributed by atoms with Crippen molar-refractivity contribution in [3.63, 3.8) is 0 Å². The second kappa shape index (κ2) is 5.20. The van der Waals surface area contributed by atoms with Crippen molar-refractivity contribution in [2.75, 3.05) is 5.32 Å². The van der Waals surface area contributed by atoms with E-state index in [2.05, 4.69) is 63.9 Å². The van der Waals surface area contributed by atoms with E-state index >= 15 is 0 Å². The molecule has 0 saturated heterocycles. The topological polar surface area (TPSA) is 12.0 Å². The molecule has 0 radical (unpaired) electrons. The number of rotatable bonds is 4. The molecule has 1 aromatic carbocycles. The highest BCUT2D eigenvalue weighted by atomic mass is 14.9. The van der Waals surface area contributed by atoms with Crippen LogP contribution in [-0.4, -0.2) is 0 Å². The van der Waals surface area contributed by atoms with Crippen LogP contribution in [0, 0.1) is 5.41 Å². The van der Waals surface area contributed by atoms with Gasteiger partial charge in [0.05, 0.1) is 0 Å². The third kappa shape index (κ3) is 4.52. The summed E-state index contributed by atoms with van der Waals surface area (Å²) in [6, 6.07) is 8.52. The molecule has 1 heteroatoms. The van der Waals surface area contributed by atoms with Crippen molar-refractivity contribution in [3.05, 3.63) is 42.1 Å². The van der Waals surface area contributed by atoms with Crippen molar-refractivity contribution in [3.8, 4) is 0 Å². The fourth-order valence-electron chi connectivity index (χ4n) is 1.76. The summed E-state index contributed by atoms with van der Waals surface area (Å²) in [6.07, 6.45) is 2.06. The molecular weight excluding hydrogens is 194 g/mol. The molecule has 0 spiro atoms. The lowest BCUT2D eigenvalue weighted by molar-refractivity contribution is 0.411. The minimum atomic E-state index is 0.284. The third-order valence-corrected chi connectivity index (χ3v) is 2.40. The Kier molecular flexibility index (Phi) is 4.17. The number of benzene rings is 1. The zero-order chi connectivity index (χ0) is 12.2. The normalized spacial score (nSPS) is 11.2. The first-order valence-corrected chi connectivity index (χ1v) is 5.94. The highest BCUT2D eigenvalue weighted by Crippen LogP contribution is 2.24. The summed E-state index contributed by atoms with van der Waals surface area (Å²) in [5, 5.41) is 3.38. The molecule has 0 heterocycles. The van der Waals surface area contributed by atoms with Gasteiger partial charge in [-0.3, -0.25) is 0 Å². The Labute approximate surface area is 99.6 Å². The number of hydrogen-bond donors (Lipinski definition) is 1. The molecule has 1 aromatic rings. The van der Waals surface area contributed by atoms with Gasteiger partial charge < -0.3 is 5.32 Å². The summed E-state index contributed by atoms with van der Waals surface area (Å²) < 4.78 is 0. The Bertz CT molecular complexity index is 358. The van der Waals surface area contributed by atoms with E-state index in [1.165, 1.54) is 5.56 Å². The summed E-state index contributed by atoms with van der Waals surface area (Å²) >= 11 is 0. The number of anilines is 1. The maximum Gasteiger partial charge on any atom is 0.0384 e. The van der Waals surface area contributed by atoms with Crippen LogP contribution >= 0.6 is 0 Å². The molecule has 1 nitrogen and oxygen atoms in total. The fourth-order valence-corrected chi connectivity index (χ4v) is 1.76. The zero-order valence-corrected chi connectivity index (χ0v) is 10.9. The first-order chi connectivity index (χ1) is 7.40. The summed E-state index contributed by atoms with van der Waals surface area (Å²) in [5.41, 5.74) is 3.87. The molecule has 1 N–H and O–H groups in total. The summed E-state index contributed by atoms with van der Waals surface area (Å²) in [4.78, 5) is 0. The Morgan fingerprint density at radius 2 is 2.00 bits per heavy atom. The summed E-state index contributed by atoms with van der Waals surface area (Å²) in [6.45, 7) is 12.9. The number of aryl methyl sites for hydroxylation is 1. The quantitative estimate of drug-likeness (QED) is 0.776. The lowest BCUT2D eigenvalue weighted by atomic mass is 9.91. The van der Waals surface area contributed by atoms with E-state index in [-0.39, 0.29) is 5.41 Å². The molecule has 0 bridgehead atoms. The first-order valence-electron chi connectivity index (χ1n) is 5.94. The minimum Gasteiger partial charge on any atom is -0.359 e.